The highest BCUT2D eigenvalue weighted by molar-refractivity contribution is 6.21. The first-order valence-corrected chi connectivity index (χ1v) is 23.9. The Morgan fingerprint density at radius 2 is 0.611 bits per heavy atom. The van der Waals surface area contributed by atoms with Gasteiger partial charge in [-0.15, -0.1) is 0 Å². The van der Waals surface area contributed by atoms with Crippen molar-refractivity contribution in [3.63, 3.8) is 0 Å². The van der Waals surface area contributed by atoms with E-state index in [1.54, 1.807) is 12.4 Å². The second-order valence-corrected chi connectivity index (χ2v) is 18.3. The molecule has 14 aromatic rings. The van der Waals surface area contributed by atoms with E-state index in [1.165, 1.54) is 0 Å². The molecular formula is C62H36N8O2. The highest BCUT2D eigenvalue weighted by Gasteiger charge is 2.28. The third-order valence-electron chi connectivity index (χ3n) is 14.4. The number of fused-ring (bicyclic) bond motifs is 16. The average molecular weight is 925 g/mol. The molecular weight excluding hydrogens is 889 g/mol. The Kier molecular flexibility index (Phi) is 7.95. The smallest absolute Gasteiger partial charge is 0.151 e. The van der Waals surface area contributed by atoms with Gasteiger partial charge in [-0.2, -0.15) is 0 Å². The SMILES string of the molecule is c1ccc2c(c1)Oc1ccccc1N2c1ccc2c(c1)c1ccccc1n2-c1cnc2c(c1)c1nccnc1c1cc(-n3c4ccccc4c4cc(N5c6ccccc6Oc6ccccc65)ccc43)cnc12. The molecule has 0 saturated carbocycles. The van der Waals surface area contributed by atoms with Gasteiger partial charge in [0.05, 0.1) is 90.7 Å². The van der Waals surface area contributed by atoms with E-state index in [0.29, 0.717) is 0 Å². The van der Waals surface area contributed by atoms with E-state index in [9.17, 15) is 0 Å². The van der Waals surface area contributed by atoms with Crippen molar-refractivity contribution in [1.82, 2.24) is 29.1 Å². The first-order valence-electron chi connectivity index (χ1n) is 23.9. The van der Waals surface area contributed by atoms with Crippen LogP contribution in [0.15, 0.2) is 219 Å². The fourth-order valence-corrected chi connectivity index (χ4v) is 11.3. The van der Waals surface area contributed by atoms with E-state index < -0.39 is 0 Å². The number of hydrogen-bond acceptors (Lipinski definition) is 8. The van der Waals surface area contributed by atoms with Crippen molar-refractivity contribution in [3.05, 3.63) is 219 Å². The van der Waals surface area contributed by atoms with Crippen molar-refractivity contribution in [3.8, 4) is 34.4 Å². The Morgan fingerprint density at radius 3 is 1.03 bits per heavy atom. The van der Waals surface area contributed by atoms with Gasteiger partial charge >= 0.3 is 0 Å². The molecule has 0 unspecified atom stereocenters. The van der Waals surface area contributed by atoms with Crippen molar-refractivity contribution in [2.75, 3.05) is 9.80 Å². The van der Waals surface area contributed by atoms with Crippen LogP contribution in [0.25, 0.3) is 87.8 Å². The molecule has 0 radical (unpaired) electrons. The van der Waals surface area contributed by atoms with Gasteiger partial charge in [0.1, 0.15) is 0 Å². The van der Waals surface area contributed by atoms with Gasteiger partial charge in [-0.3, -0.25) is 19.9 Å². The van der Waals surface area contributed by atoms with Crippen LogP contribution >= 0.6 is 0 Å². The van der Waals surface area contributed by atoms with Crippen LogP contribution in [-0.4, -0.2) is 29.1 Å². The summed E-state index contributed by atoms with van der Waals surface area (Å²) in [6.07, 6.45) is 7.45. The summed E-state index contributed by atoms with van der Waals surface area (Å²) in [5.74, 6) is 3.27. The third kappa shape index (κ3) is 5.48. The van der Waals surface area contributed by atoms with E-state index in [0.717, 1.165) is 145 Å². The van der Waals surface area contributed by atoms with Crippen molar-refractivity contribution < 1.29 is 9.47 Å². The van der Waals surface area contributed by atoms with Crippen molar-refractivity contribution in [2.45, 2.75) is 0 Å². The number of benzene rings is 9. The molecule has 7 heterocycles. The monoisotopic (exact) mass is 924 g/mol. The highest BCUT2D eigenvalue weighted by atomic mass is 16.5. The van der Waals surface area contributed by atoms with Crippen molar-refractivity contribution in [2.24, 2.45) is 0 Å². The van der Waals surface area contributed by atoms with Gasteiger partial charge in [-0.25, -0.2) is 0 Å². The van der Waals surface area contributed by atoms with Gasteiger partial charge in [0.15, 0.2) is 23.0 Å². The molecule has 72 heavy (non-hydrogen) atoms. The van der Waals surface area contributed by atoms with E-state index in [-0.39, 0.29) is 0 Å². The van der Waals surface area contributed by atoms with Crippen molar-refractivity contribution in [1.29, 1.82) is 0 Å². The number of para-hydroxylation sites is 10. The maximum absolute atomic E-state index is 6.36. The lowest BCUT2D eigenvalue weighted by Gasteiger charge is -2.32. The lowest BCUT2D eigenvalue weighted by molar-refractivity contribution is 0.477. The molecule has 0 bridgehead atoms. The van der Waals surface area contributed by atoms with Crippen LogP contribution < -0.4 is 19.3 Å². The standard InChI is InChI=1S/C62H36N8O2/c1-3-15-47-41(13-1)43-31-37(67-51-17-5-9-21-55(51)71-56-22-10-6-18-52(56)67)25-27-49(43)69(47)39-33-45-59-60(64-30-29-63-59)46-34-40(36-66-62(46)61(45)65-35-39)70-48-16-4-2-14-42(48)44-32-38(26-28-50(44)70)68-53-19-7-11-23-57(53)72-58-24-12-8-20-54(58)68/h1-36H. The van der Waals surface area contributed by atoms with Gasteiger partial charge < -0.3 is 28.4 Å². The zero-order valence-corrected chi connectivity index (χ0v) is 38.2. The number of aromatic nitrogens is 6. The molecule has 0 amide bonds. The van der Waals surface area contributed by atoms with Gasteiger partial charge in [0.25, 0.3) is 0 Å². The van der Waals surface area contributed by atoms with Crippen LogP contribution in [-0.2, 0) is 0 Å². The Labute approximate surface area is 410 Å². The fourth-order valence-electron chi connectivity index (χ4n) is 11.3. The molecule has 336 valence electrons. The first kappa shape index (κ1) is 38.9. The molecule has 0 fully saturated rings. The average Bonchev–Trinajstić information content (AvgIpc) is 3.95. The zero-order chi connectivity index (χ0) is 47.0. The largest absolute Gasteiger partial charge is 0.453 e. The molecule has 9 aromatic carbocycles. The molecule has 2 aliphatic rings. The van der Waals surface area contributed by atoms with Crippen LogP contribution in [0.3, 0.4) is 0 Å². The molecule has 2 aliphatic heterocycles. The summed E-state index contributed by atoms with van der Waals surface area (Å²) in [6, 6.07) is 67.7. The van der Waals surface area contributed by atoms with Gasteiger partial charge in [-0.1, -0.05) is 84.9 Å². The molecule has 0 aliphatic carbocycles. The molecule has 5 aromatic heterocycles. The van der Waals surface area contributed by atoms with Crippen LogP contribution in [0.4, 0.5) is 34.1 Å². The molecule has 0 atom stereocenters. The van der Waals surface area contributed by atoms with Crippen LogP contribution in [0.1, 0.15) is 0 Å². The molecule has 0 saturated heterocycles. The number of anilines is 6. The van der Waals surface area contributed by atoms with E-state index in [2.05, 4.69) is 165 Å². The van der Waals surface area contributed by atoms with Crippen LogP contribution in [0.5, 0.6) is 23.0 Å². The minimum Gasteiger partial charge on any atom is -0.453 e. The lowest BCUT2D eigenvalue weighted by atomic mass is 10.1. The summed E-state index contributed by atoms with van der Waals surface area (Å²) in [5, 5.41) is 6.28. The second-order valence-electron chi connectivity index (χ2n) is 18.3. The predicted octanol–water partition coefficient (Wildman–Crippen LogP) is 16.1. The summed E-state index contributed by atoms with van der Waals surface area (Å²) in [7, 11) is 0. The quantitative estimate of drug-likeness (QED) is 0.161. The van der Waals surface area contributed by atoms with Gasteiger partial charge in [0.2, 0.25) is 0 Å². The minimum absolute atomic E-state index is 0.763. The Morgan fingerprint density at radius 1 is 0.278 bits per heavy atom. The Balaban J connectivity index is 0.847. The molecule has 10 heteroatoms. The van der Waals surface area contributed by atoms with Gasteiger partial charge in [-0.05, 0) is 109 Å². The number of pyridine rings is 2. The second kappa shape index (κ2) is 14.7. The molecule has 10 nitrogen and oxygen atoms in total. The number of nitrogens with zero attached hydrogens (tertiary/aromatic N) is 8. The van der Waals surface area contributed by atoms with E-state index in [1.807, 2.05) is 60.9 Å². The van der Waals surface area contributed by atoms with E-state index in [4.69, 9.17) is 29.4 Å². The Bertz CT molecular complexity index is 4230. The maximum Gasteiger partial charge on any atom is 0.151 e. The topological polar surface area (TPSA) is 86.4 Å². The first-order chi connectivity index (χ1) is 35.7. The number of hydrogen-bond donors (Lipinski definition) is 0. The lowest BCUT2D eigenvalue weighted by Crippen LogP contribution is -2.15. The third-order valence-corrected chi connectivity index (χ3v) is 14.4. The number of ether oxygens (including phenoxy) is 2. The molecule has 16 rings (SSSR count). The van der Waals surface area contributed by atoms with Crippen molar-refractivity contribution >= 4 is 111 Å². The summed E-state index contributed by atoms with van der Waals surface area (Å²) in [5.41, 5.74) is 15.2. The van der Waals surface area contributed by atoms with E-state index >= 15 is 0 Å². The Hall–Kier alpha value is -10.1. The minimum atomic E-state index is 0.763. The summed E-state index contributed by atoms with van der Waals surface area (Å²) in [4.78, 5) is 25.1. The molecule has 0 N–H and O–H groups in total. The van der Waals surface area contributed by atoms with Crippen LogP contribution in [0.2, 0.25) is 0 Å². The van der Waals surface area contributed by atoms with Gasteiger partial charge in [0, 0.05) is 56.1 Å². The molecule has 0 spiro atoms. The fraction of sp³-hybridized carbons (Fsp3) is 0. The summed E-state index contributed by atoms with van der Waals surface area (Å²) in [6.45, 7) is 0. The highest BCUT2D eigenvalue weighted by Crippen LogP contribution is 2.53. The summed E-state index contributed by atoms with van der Waals surface area (Å²) >= 11 is 0. The van der Waals surface area contributed by atoms with Crippen LogP contribution in [0, 0.1) is 0 Å². The maximum atomic E-state index is 6.36. The normalized spacial score (nSPS) is 12.9. The predicted molar refractivity (Wildman–Crippen MR) is 288 cm³/mol. The summed E-state index contributed by atoms with van der Waals surface area (Å²) < 4.78 is 17.3. The number of rotatable bonds is 4. The zero-order valence-electron chi connectivity index (χ0n) is 38.2.